The van der Waals surface area contributed by atoms with Gasteiger partial charge in [-0.3, -0.25) is 4.79 Å². The molecule has 0 aliphatic carbocycles. The number of nitrogens with one attached hydrogen (secondary N) is 1. The first-order valence-electron chi connectivity index (χ1n) is 9.73. The standard InChI is InChI=1S/C22H28FN3O2/c1-17-16-19(26-13-11-25(2)12-14-26)7-10-21(17)24-22(27)4-3-15-28-20-8-5-18(23)6-9-20/h5-10,16H,3-4,11-15H2,1-2H3,(H,24,27). The Bertz CT molecular complexity index is 787. The highest BCUT2D eigenvalue weighted by atomic mass is 19.1. The number of nitrogens with zero attached hydrogens (tertiary/aromatic N) is 2. The van der Waals surface area contributed by atoms with Crippen molar-refractivity contribution < 1.29 is 13.9 Å². The molecule has 1 amide bonds. The van der Waals surface area contributed by atoms with E-state index >= 15 is 0 Å². The third-order valence-corrected chi connectivity index (χ3v) is 4.98. The van der Waals surface area contributed by atoms with E-state index in [2.05, 4.69) is 34.3 Å². The molecule has 2 aromatic carbocycles. The minimum absolute atomic E-state index is 0.0295. The Morgan fingerprint density at radius 3 is 2.50 bits per heavy atom. The summed E-state index contributed by atoms with van der Waals surface area (Å²) in [6.07, 6.45) is 0.975. The van der Waals surface area contributed by atoms with Gasteiger partial charge in [0.15, 0.2) is 0 Å². The van der Waals surface area contributed by atoms with Crippen LogP contribution in [0.25, 0.3) is 0 Å². The topological polar surface area (TPSA) is 44.8 Å². The number of piperazine rings is 1. The van der Waals surface area contributed by atoms with Gasteiger partial charge in [0.1, 0.15) is 11.6 Å². The Morgan fingerprint density at radius 1 is 1.11 bits per heavy atom. The highest BCUT2D eigenvalue weighted by molar-refractivity contribution is 5.91. The normalized spacial score (nSPS) is 14.8. The quantitative estimate of drug-likeness (QED) is 0.739. The predicted molar refractivity (Wildman–Crippen MR) is 111 cm³/mol. The van der Waals surface area contributed by atoms with Crippen LogP contribution in [0.15, 0.2) is 42.5 Å². The monoisotopic (exact) mass is 385 g/mol. The number of hydrogen-bond donors (Lipinski definition) is 1. The molecule has 0 radical (unpaired) electrons. The molecule has 1 heterocycles. The Balaban J connectivity index is 1.44. The van der Waals surface area contributed by atoms with E-state index in [9.17, 15) is 9.18 Å². The van der Waals surface area contributed by atoms with Crippen LogP contribution in [-0.2, 0) is 4.79 Å². The Morgan fingerprint density at radius 2 is 1.82 bits per heavy atom. The molecule has 1 aliphatic rings. The van der Waals surface area contributed by atoms with E-state index in [1.807, 2.05) is 13.0 Å². The first-order valence-corrected chi connectivity index (χ1v) is 9.73. The van der Waals surface area contributed by atoms with Crippen LogP contribution in [0.2, 0.25) is 0 Å². The molecule has 6 heteroatoms. The van der Waals surface area contributed by atoms with Crippen LogP contribution in [-0.4, -0.2) is 50.6 Å². The second kappa shape index (κ2) is 9.55. The van der Waals surface area contributed by atoms with Crippen molar-refractivity contribution in [1.82, 2.24) is 4.90 Å². The van der Waals surface area contributed by atoms with Crippen molar-refractivity contribution in [2.24, 2.45) is 0 Å². The fraction of sp³-hybridized carbons (Fsp3) is 0.409. The van der Waals surface area contributed by atoms with E-state index in [1.54, 1.807) is 12.1 Å². The van der Waals surface area contributed by atoms with Crippen LogP contribution in [0.5, 0.6) is 5.75 Å². The highest BCUT2D eigenvalue weighted by Crippen LogP contribution is 2.24. The zero-order valence-electron chi connectivity index (χ0n) is 16.6. The number of carbonyl (C=O) groups is 1. The second-order valence-electron chi connectivity index (χ2n) is 7.24. The number of carbonyl (C=O) groups excluding carboxylic acids is 1. The van der Waals surface area contributed by atoms with Gasteiger partial charge in [-0.05, 0) is 68.4 Å². The molecule has 0 saturated carbocycles. The van der Waals surface area contributed by atoms with Crippen molar-refractivity contribution in [2.45, 2.75) is 19.8 Å². The summed E-state index contributed by atoms with van der Waals surface area (Å²) in [5, 5.41) is 2.98. The molecule has 0 atom stereocenters. The summed E-state index contributed by atoms with van der Waals surface area (Å²) in [6, 6.07) is 12.1. The molecule has 3 rings (SSSR count). The van der Waals surface area contributed by atoms with E-state index < -0.39 is 0 Å². The minimum atomic E-state index is -0.291. The number of ether oxygens (including phenoxy) is 1. The maximum absolute atomic E-state index is 12.9. The molecule has 1 fully saturated rings. The number of rotatable bonds is 7. The Kier molecular flexibility index (Phi) is 6.87. The zero-order valence-corrected chi connectivity index (χ0v) is 16.6. The average Bonchev–Trinajstić information content (AvgIpc) is 2.69. The molecule has 2 aromatic rings. The van der Waals surface area contributed by atoms with Crippen LogP contribution in [0.4, 0.5) is 15.8 Å². The number of hydrogen-bond acceptors (Lipinski definition) is 4. The maximum Gasteiger partial charge on any atom is 0.224 e. The number of amides is 1. The lowest BCUT2D eigenvalue weighted by Gasteiger charge is -2.34. The fourth-order valence-corrected chi connectivity index (χ4v) is 3.22. The van der Waals surface area contributed by atoms with Crippen molar-refractivity contribution in [3.8, 4) is 5.75 Å². The molecule has 28 heavy (non-hydrogen) atoms. The largest absolute Gasteiger partial charge is 0.494 e. The van der Waals surface area contributed by atoms with Gasteiger partial charge in [0.25, 0.3) is 0 Å². The van der Waals surface area contributed by atoms with Crippen LogP contribution in [0.3, 0.4) is 0 Å². The van der Waals surface area contributed by atoms with E-state index in [4.69, 9.17) is 4.74 Å². The smallest absolute Gasteiger partial charge is 0.224 e. The van der Waals surface area contributed by atoms with Crippen LogP contribution >= 0.6 is 0 Å². The van der Waals surface area contributed by atoms with E-state index in [0.29, 0.717) is 25.2 Å². The number of aryl methyl sites for hydroxylation is 1. The summed E-state index contributed by atoms with van der Waals surface area (Å²) >= 11 is 0. The lowest BCUT2D eigenvalue weighted by atomic mass is 10.1. The van der Waals surface area contributed by atoms with Gasteiger partial charge >= 0.3 is 0 Å². The Hall–Kier alpha value is -2.60. The van der Waals surface area contributed by atoms with Gasteiger partial charge in [0, 0.05) is 44.0 Å². The summed E-state index contributed by atoms with van der Waals surface area (Å²) in [5.74, 6) is 0.288. The van der Waals surface area contributed by atoms with Crippen molar-refractivity contribution in [1.29, 1.82) is 0 Å². The van der Waals surface area contributed by atoms with Crippen LogP contribution in [0, 0.1) is 12.7 Å². The van der Waals surface area contributed by atoms with E-state index in [1.165, 1.54) is 17.8 Å². The molecule has 1 N–H and O–H groups in total. The van der Waals surface area contributed by atoms with Gasteiger partial charge in [-0.15, -0.1) is 0 Å². The molecule has 0 spiro atoms. The summed E-state index contributed by atoms with van der Waals surface area (Å²) in [5.41, 5.74) is 3.12. The van der Waals surface area contributed by atoms with Gasteiger partial charge in [0.05, 0.1) is 6.61 Å². The van der Waals surface area contributed by atoms with Crippen molar-refractivity contribution in [3.63, 3.8) is 0 Å². The van der Waals surface area contributed by atoms with Crippen LogP contribution in [0.1, 0.15) is 18.4 Å². The highest BCUT2D eigenvalue weighted by Gasteiger charge is 2.15. The molecular weight excluding hydrogens is 357 g/mol. The maximum atomic E-state index is 12.9. The molecule has 0 aromatic heterocycles. The van der Waals surface area contributed by atoms with Gasteiger partial charge in [-0.25, -0.2) is 4.39 Å². The number of likely N-dealkylation sites (N-methyl/N-ethyl adjacent to an activating group) is 1. The molecule has 0 unspecified atom stereocenters. The minimum Gasteiger partial charge on any atom is -0.494 e. The van der Waals surface area contributed by atoms with Crippen molar-refractivity contribution in [2.75, 3.05) is 50.1 Å². The first kappa shape index (κ1) is 20.1. The summed E-state index contributed by atoms with van der Waals surface area (Å²) in [7, 11) is 2.14. The summed E-state index contributed by atoms with van der Waals surface area (Å²) in [6.45, 7) is 6.62. The molecule has 1 aliphatic heterocycles. The predicted octanol–water partition coefficient (Wildman–Crippen LogP) is 3.68. The lowest BCUT2D eigenvalue weighted by Crippen LogP contribution is -2.44. The third kappa shape index (κ3) is 5.70. The van der Waals surface area contributed by atoms with Crippen molar-refractivity contribution >= 4 is 17.3 Å². The first-order chi connectivity index (χ1) is 13.5. The second-order valence-corrected chi connectivity index (χ2v) is 7.24. The fourth-order valence-electron chi connectivity index (χ4n) is 3.22. The third-order valence-electron chi connectivity index (χ3n) is 4.98. The summed E-state index contributed by atoms with van der Waals surface area (Å²) < 4.78 is 18.4. The van der Waals surface area contributed by atoms with Gasteiger partial charge in [-0.2, -0.15) is 0 Å². The number of benzene rings is 2. The van der Waals surface area contributed by atoms with E-state index in [-0.39, 0.29) is 11.7 Å². The van der Waals surface area contributed by atoms with Crippen LogP contribution < -0.4 is 15.0 Å². The van der Waals surface area contributed by atoms with Gasteiger partial charge in [-0.1, -0.05) is 0 Å². The number of anilines is 2. The molecule has 5 nitrogen and oxygen atoms in total. The van der Waals surface area contributed by atoms with Gasteiger partial charge < -0.3 is 19.9 Å². The lowest BCUT2D eigenvalue weighted by molar-refractivity contribution is -0.116. The zero-order chi connectivity index (χ0) is 19.9. The van der Waals surface area contributed by atoms with Crippen molar-refractivity contribution in [3.05, 3.63) is 53.8 Å². The molecule has 1 saturated heterocycles. The SMILES string of the molecule is Cc1cc(N2CCN(C)CC2)ccc1NC(=O)CCCOc1ccc(F)cc1. The molecule has 0 bridgehead atoms. The Labute approximate surface area is 166 Å². The average molecular weight is 385 g/mol. The number of halogens is 1. The summed E-state index contributed by atoms with van der Waals surface area (Å²) in [4.78, 5) is 16.9. The molecule has 150 valence electrons. The molecular formula is C22H28FN3O2. The van der Waals surface area contributed by atoms with Gasteiger partial charge in [0.2, 0.25) is 5.91 Å². The van der Waals surface area contributed by atoms with E-state index in [0.717, 1.165) is 37.4 Å².